The lowest BCUT2D eigenvalue weighted by molar-refractivity contribution is -0.327. The molecule has 3 aliphatic heterocycles. The molecule has 310 valence electrons. The van der Waals surface area contributed by atoms with E-state index in [9.17, 15) is 40.9 Å². The molecule has 13 heteroatoms. The van der Waals surface area contributed by atoms with E-state index in [0.29, 0.717) is 19.3 Å². The largest absolute Gasteiger partial charge is 0.394 e. The lowest BCUT2D eigenvalue weighted by Crippen LogP contribution is -2.64. The Bertz CT molecular complexity index is 1420. The SMILES string of the molecule is CC(C)(O)[C@@H]1CC[C@](C)([C@H]2[C@@H](O)C[C@@]3(C)[C@@H]4C[C@H](O[C@@H]5O[C@H](CO)[C@@H](O)C[C@H]5O)[C@H]5C(C)(C)C(O[C@@H]6OC[C@@H](O)[C@H](O)[C@H]6O)CC[C@@]56C[C@@]46CC[C@]23C)O1. The summed E-state index contributed by atoms with van der Waals surface area (Å²) in [5.74, 6) is -0.0176. The van der Waals surface area contributed by atoms with E-state index in [4.69, 9.17) is 23.7 Å². The molecule has 8 aliphatic rings. The number of aliphatic hydroxyl groups excluding tert-OH is 7. The summed E-state index contributed by atoms with van der Waals surface area (Å²) in [6, 6.07) is 0. The molecule has 0 radical (unpaired) electrons. The molecule has 3 saturated heterocycles. The molecule has 20 atom stereocenters. The van der Waals surface area contributed by atoms with E-state index < -0.39 is 84.6 Å². The van der Waals surface area contributed by atoms with Crippen molar-refractivity contribution in [2.24, 2.45) is 44.8 Å². The predicted molar refractivity (Wildman–Crippen MR) is 192 cm³/mol. The van der Waals surface area contributed by atoms with E-state index in [0.717, 1.165) is 38.5 Å². The van der Waals surface area contributed by atoms with Crippen molar-refractivity contribution in [2.45, 2.75) is 197 Å². The minimum Gasteiger partial charge on any atom is -0.394 e. The van der Waals surface area contributed by atoms with E-state index in [1.54, 1.807) is 13.8 Å². The number of aliphatic hydroxyl groups is 8. The molecule has 5 saturated carbocycles. The fourth-order valence-electron chi connectivity index (χ4n) is 14.8. The Balaban J connectivity index is 1.14. The Morgan fingerprint density at radius 1 is 0.722 bits per heavy atom. The van der Waals surface area contributed by atoms with Crippen molar-refractivity contribution in [1.82, 2.24) is 0 Å². The topological polar surface area (TPSA) is 208 Å². The Kier molecular flexibility index (Phi) is 9.69. The van der Waals surface area contributed by atoms with Crippen molar-refractivity contribution in [3.8, 4) is 0 Å². The monoisotopic (exact) mass is 768 g/mol. The molecule has 2 spiro atoms. The van der Waals surface area contributed by atoms with E-state index in [1.165, 1.54) is 0 Å². The van der Waals surface area contributed by atoms with E-state index in [-0.39, 0.29) is 64.6 Å². The Hall–Kier alpha value is -0.520. The maximum absolute atomic E-state index is 12.2. The molecule has 3 heterocycles. The van der Waals surface area contributed by atoms with Crippen LogP contribution in [0.2, 0.25) is 0 Å². The first-order chi connectivity index (χ1) is 25.1. The normalized spacial score (nSPS) is 58.2. The van der Waals surface area contributed by atoms with Crippen molar-refractivity contribution >= 4 is 0 Å². The van der Waals surface area contributed by atoms with Gasteiger partial charge in [-0.3, -0.25) is 0 Å². The third-order valence-electron chi connectivity index (χ3n) is 17.5. The molecule has 0 aromatic carbocycles. The molecule has 0 aromatic rings. The van der Waals surface area contributed by atoms with Crippen molar-refractivity contribution in [3.63, 3.8) is 0 Å². The molecule has 5 aliphatic carbocycles. The summed E-state index contributed by atoms with van der Waals surface area (Å²) in [6.45, 7) is 14.3. The van der Waals surface area contributed by atoms with Crippen LogP contribution in [0.15, 0.2) is 0 Å². The highest BCUT2D eigenvalue weighted by Crippen LogP contribution is 2.89. The van der Waals surface area contributed by atoms with Crippen LogP contribution in [0.1, 0.15) is 113 Å². The van der Waals surface area contributed by atoms with Crippen LogP contribution in [-0.2, 0) is 23.7 Å². The highest BCUT2D eigenvalue weighted by atomic mass is 16.7. The fourth-order valence-corrected chi connectivity index (χ4v) is 14.8. The number of rotatable bonds is 7. The molecule has 1 unspecified atom stereocenters. The minimum absolute atomic E-state index is 0.00722. The molecule has 8 fully saturated rings. The van der Waals surface area contributed by atoms with Gasteiger partial charge in [-0.1, -0.05) is 27.7 Å². The standard InChI is InChI=1S/C41H68O13/c1-35(2)27(53-34-30(48)29(47)23(46)18-50-34)9-11-41-19-40(41)13-12-37(5)31(39(7)10-8-28(54-39)36(3,4)49)22(45)16-38(37,6)26(40)15-24(32(35)41)51-33-21(44)14-20(43)25(17-42)52-33/h20-34,42-49H,8-19H2,1-7H3/t20-,21+,22-,23+,24-,25+,26-,27?,28-,29-,30+,31-,32-,33+,34-,37+,38-,39+,40-,41+/m0/s1. The Morgan fingerprint density at radius 2 is 1.44 bits per heavy atom. The van der Waals surface area contributed by atoms with Crippen LogP contribution < -0.4 is 0 Å². The summed E-state index contributed by atoms with van der Waals surface area (Å²) in [6.07, 6.45) is -3.61. The highest BCUT2D eigenvalue weighted by Gasteiger charge is 2.85. The summed E-state index contributed by atoms with van der Waals surface area (Å²) < 4.78 is 32.1. The zero-order valence-corrected chi connectivity index (χ0v) is 33.3. The van der Waals surface area contributed by atoms with Gasteiger partial charge in [0.2, 0.25) is 0 Å². The van der Waals surface area contributed by atoms with Crippen LogP contribution in [-0.4, -0.2) is 139 Å². The van der Waals surface area contributed by atoms with Crippen LogP contribution in [0, 0.1) is 44.8 Å². The molecular formula is C41H68O13. The maximum atomic E-state index is 12.2. The van der Waals surface area contributed by atoms with Crippen molar-refractivity contribution in [2.75, 3.05) is 13.2 Å². The second-order valence-corrected chi connectivity index (χ2v) is 21.0. The van der Waals surface area contributed by atoms with Gasteiger partial charge >= 0.3 is 0 Å². The smallest absolute Gasteiger partial charge is 0.186 e. The van der Waals surface area contributed by atoms with Gasteiger partial charge in [-0.2, -0.15) is 0 Å². The average molecular weight is 769 g/mol. The third kappa shape index (κ3) is 5.57. The van der Waals surface area contributed by atoms with Gasteiger partial charge in [-0.15, -0.1) is 0 Å². The number of fused-ring (bicyclic) bond motifs is 2. The van der Waals surface area contributed by atoms with Gasteiger partial charge in [-0.05, 0) is 117 Å². The van der Waals surface area contributed by atoms with Gasteiger partial charge in [-0.25, -0.2) is 0 Å². The van der Waals surface area contributed by atoms with Crippen LogP contribution in [0.4, 0.5) is 0 Å². The summed E-state index contributed by atoms with van der Waals surface area (Å²) in [5, 5.41) is 86.3. The molecule has 54 heavy (non-hydrogen) atoms. The van der Waals surface area contributed by atoms with Gasteiger partial charge in [0, 0.05) is 12.3 Å². The van der Waals surface area contributed by atoms with Crippen LogP contribution in [0.25, 0.3) is 0 Å². The van der Waals surface area contributed by atoms with Crippen LogP contribution >= 0.6 is 0 Å². The maximum Gasteiger partial charge on any atom is 0.186 e. The van der Waals surface area contributed by atoms with E-state index >= 15 is 0 Å². The molecule has 0 amide bonds. The first-order valence-electron chi connectivity index (χ1n) is 20.8. The van der Waals surface area contributed by atoms with Gasteiger partial charge in [0.1, 0.15) is 30.5 Å². The summed E-state index contributed by atoms with van der Waals surface area (Å²) >= 11 is 0. The van der Waals surface area contributed by atoms with E-state index in [2.05, 4.69) is 34.6 Å². The van der Waals surface area contributed by atoms with Crippen molar-refractivity contribution < 1.29 is 64.5 Å². The average Bonchev–Trinajstić information content (AvgIpc) is 3.44. The van der Waals surface area contributed by atoms with Crippen molar-refractivity contribution in [1.29, 1.82) is 0 Å². The second kappa shape index (κ2) is 13.0. The quantitative estimate of drug-likeness (QED) is 0.174. The zero-order valence-electron chi connectivity index (χ0n) is 33.3. The summed E-state index contributed by atoms with van der Waals surface area (Å²) in [4.78, 5) is 0. The number of ether oxygens (including phenoxy) is 5. The molecule has 13 nitrogen and oxygen atoms in total. The minimum atomic E-state index is -1.41. The van der Waals surface area contributed by atoms with Gasteiger partial charge in [0.05, 0.1) is 54.9 Å². The second-order valence-electron chi connectivity index (χ2n) is 21.0. The molecular weight excluding hydrogens is 700 g/mol. The fraction of sp³-hybridized carbons (Fsp3) is 1.00. The number of hydrogen-bond acceptors (Lipinski definition) is 13. The lowest BCUT2D eigenvalue weighted by atomic mass is 9.41. The summed E-state index contributed by atoms with van der Waals surface area (Å²) in [7, 11) is 0. The molecule has 0 bridgehead atoms. The lowest BCUT2D eigenvalue weighted by Gasteiger charge is -2.65. The van der Waals surface area contributed by atoms with Crippen molar-refractivity contribution in [3.05, 3.63) is 0 Å². The molecule has 8 N–H and O–H groups in total. The van der Waals surface area contributed by atoms with Crippen LogP contribution in [0.3, 0.4) is 0 Å². The third-order valence-corrected chi connectivity index (χ3v) is 17.5. The Morgan fingerprint density at radius 3 is 2.11 bits per heavy atom. The van der Waals surface area contributed by atoms with Gasteiger partial charge < -0.3 is 64.5 Å². The van der Waals surface area contributed by atoms with E-state index in [1.807, 2.05) is 0 Å². The Labute approximate surface area is 319 Å². The summed E-state index contributed by atoms with van der Waals surface area (Å²) in [5.41, 5.74) is -2.80. The zero-order chi connectivity index (χ0) is 39.2. The van der Waals surface area contributed by atoms with Crippen LogP contribution in [0.5, 0.6) is 0 Å². The van der Waals surface area contributed by atoms with Gasteiger partial charge in [0.15, 0.2) is 12.6 Å². The number of hydrogen-bond donors (Lipinski definition) is 8. The first kappa shape index (κ1) is 40.3. The molecule has 8 rings (SSSR count). The highest BCUT2D eigenvalue weighted by molar-refractivity contribution is 5.33. The molecule has 0 aromatic heterocycles. The predicted octanol–water partition coefficient (Wildman–Crippen LogP) is 1.75. The van der Waals surface area contributed by atoms with Gasteiger partial charge in [0.25, 0.3) is 0 Å². The first-order valence-corrected chi connectivity index (χ1v) is 20.8.